The molecular weight excluding hydrogens is 260 g/mol. The summed E-state index contributed by atoms with van der Waals surface area (Å²) in [5.41, 5.74) is 1.66. The van der Waals surface area contributed by atoms with Crippen LogP contribution in [0.25, 0.3) is 0 Å². The largest absolute Gasteiger partial charge is 0.492 e. The van der Waals surface area contributed by atoms with Gasteiger partial charge in [-0.25, -0.2) is 0 Å². The van der Waals surface area contributed by atoms with Gasteiger partial charge in [-0.1, -0.05) is 31.4 Å². The molecule has 1 aliphatic carbocycles. The molecule has 0 radical (unpaired) electrons. The monoisotopic (exact) mass is 288 g/mol. The summed E-state index contributed by atoms with van der Waals surface area (Å²) in [6, 6.07) is 8.33. The van der Waals surface area contributed by atoms with Crippen molar-refractivity contribution in [1.29, 1.82) is 0 Å². The number of rotatable bonds is 4. The van der Waals surface area contributed by atoms with E-state index < -0.39 is 0 Å². The van der Waals surface area contributed by atoms with Crippen molar-refractivity contribution in [2.45, 2.75) is 44.6 Å². The number of nitrogens with one attached hydrogen (secondary N) is 1. The standard InChI is InChI=1S/C18H28N2O/c1-16-6-5-7-17(14-16)21-13-12-20-11-10-19-18(15-20)8-3-2-4-9-18/h5-7,14,19H,2-4,8-13,15H2,1H3. The molecule has 1 aromatic carbocycles. The number of hydrogen-bond donors (Lipinski definition) is 1. The van der Waals surface area contributed by atoms with Crippen molar-refractivity contribution < 1.29 is 4.74 Å². The SMILES string of the molecule is Cc1cccc(OCCN2CCNC3(CCCCC3)C2)c1. The van der Waals surface area contributed by atoms with Crippen molar-refractivity contribution in [3.63, 3.8) is 0 Å². The zero-order valence-electron chi connectivity index (χ0n) is 13.2. The first-order chi connectivity index (χ1) is 10.3. The summed E-state index contributed by atoms with van der Waals surface area (Å²) >= 11 is 0. The summed E-state index contributed by atoms with van der Waals surface area (Å²) in [7, 11) is 0. The van der Waals surface area contributed by atoms with Gasteiger partial charge in [0, 0.05) is 31.7 Å². The molecule has 116 valence electrons. The van der Waals surface area contributed by atoms with Gasteiger partial charge < -0.3 is 10.1 Å². The third-order valence-corrected chi connectivity index (χ3v) is 4.93. The molecular formula is C18H28N2O. The Labute approximate surface area is 128 Å². The first-order valence-electron chi connectivity index (χ1n) is 8.43. The molecule has 1 saturated carbocycles. The number of nitrogens with zero attached hydrogens (tertiary/aromatic N) is 1. The number of ether oxygens (including phenoxy) is 1. The predicted octanol–water partition coefficient (Wildman–Crippen LogP) is 2.98. The number of aryl methyl sites for hydroxylation is 1. The molecule has 0 bridgehead atoms. The van der Waals surface area contributed by atoms with Crippen LogP contribution in [0.1, 0.15) is 37.7 Å². The molecule has 21 heavy (non-hydrogen) atoms. The fourth-order valence-corrected chi connectivity index (χ4v) is 3.79. The molecule has 1 aromatic rings. The van der Waals surface area contributed by atoms with E-state index in [0.29, 0.717) is 5.54 Å². The zero-order chi connectivity index (χ0) is 14.5. The maximum atomic E-state index is 5.90. The van der Waals surface area contributed by atoms with E-state index in [2.05, 4.69) is 35.3 Å². The van der Waals surface area contributed by atoms with Crippen LogP contribution in [0.5, 0.6) is 5.75 Å². The molecule has 3 heteroatoms. The molecule has 1 spiro atoms. The molecule has 1 N–H and O–H groups in total. The summed E-state index contributed by atoms with van der Waals surface area (Å²) in [6.07, 6.45) is 6.89. The van der Waals surface area contributed by atoms with Crippen molar-refractivity contribution in [3.05, 3.63) is 29.8 Å². The summed E-state index contributed by atoms with van der Waals surface area (Å²) in [4.78, 5) is 2.58. The second-order valence-electron chi connectivity index (χ2n) is 6.71. The van der Waals surface area contributed by atoms with Crippen LogP contribution in [0.3, 0.4) is 0 Å². The average molecular weight is 288 g/mol. The van der Waals surface area contributed by atoms with Crippen molar-refractivity contribution in [2.24, 2.45) is 0 Å². The van der Waals surface area contributed by atoms with Gasteiger partial charge in [-0.3, -0.25) is 4.90 Å². The molecule has 1 saturated heterocycles. The molecule has 0 atom stereocenters. The van der Waals surface area contributed by atoms with Gasteiger partial charge in [-0.2, -0.15) is 0 Å². The Morgan fingerprint density at radius 2 is 2.10 bits per heavy atom. The minimum absolute atomic E-state index is 0.403. The average Bonchev–Trinajstić information content (AvgIpc) is 2.48. The van der Waals surface area contributed by atoms with Crippen LogP contribution in [0.15, 0.2) is 24.3 Å². The van der Waals surface area contributed by atoms with Crippen molar-refractivity contribution >= 4 is 0 Å². The first kappa shape index (κ1) is 14.9. The van der Waals surface area contributed by atoms with Crippen LogP contribution in [0, 0.1) is 6.92 Å². The number of benzene rings is 1. The number of hydrogen-bond acceptors (Lipinski definition) is 3. The van der Waals surface area contributed by atoms with Gasteiger partial charge in [0.2, 0.25) is 0 Å². The maximum Gasteiger partial charge on any atom is 0.119 e. The van der Waals surface area contributed by atoms with E-state index in [1.165, 1.54) is 44.2 Å². The van der Waals surface area contributed by atoms with Crippen LogP contribution >= 0.6 is 0 Å². The third kappa shape index (κ3) is 3.98. The van der Waals surface area contributed by atoms with Gasteiger partial charge >= 0.3 is 0 Å². The number of piperazine rings is 1. The lowest BCUT2D eigenvalue weighted by molar-refractivity contribution is 0.0880. The molecule has 3 rings (SSSR count). The van der Waals surface area contributed by atoms with Crippen molar-refractivity contribution in [1.82, 2.24) is 10.2 Å². The van der Waals surface area contributed by atoms with E-state index in [1.807, 2.05) is 6.07 Å². The third-order valence-electron chi connectivity index (χ3n) is 4.93. The molecule has 3 nitrogen and oxygen atoms in total. The van der Waals surface area contributed by atoms with Crippen LogP contribution in [0.4, 0.5) is 0 Å². The Hall–Kier alpha value is -1.06. The van der Waals surface area contributed by atoms with Gasteiger partial charge in [0.05, 0.1) is 0 Å². The Morgan fingerprint density at radius 3 is 2.90 bits per heavy atom. The zero-order valence-corrected chi connectivity index (χ0v) is 13.2. The van der Waals surface area contributed by atoms with Crippen LogP contribution in [-0.2, 0) is 0 Å². The lowest BCUT2D eigenvalue weighted by Gasteiger charge is -2.46. The molecule has 2 fully saturated rings. The fourth-order valence-electron chi connectivity index (χ4n) is 3.79. The summed E-state index contributed by atoms with van der Waals surface area (Å²) in [5, 5.41) is 3.80. The van der Waals surface area contributed by atoms with Crippen LogP contribution in [-0.4, -0.2) is 43.2 Å². The van der Waals surface area contributed by atoms with Crippen LogP contribution < -0.4 is 10.1 Å². The lowest BCUT2D eigenvalue weighted by Crippen LogP contribution is -2.61. The topological polar surface area (TPSA) is 24.5 Å². The molecule has 0 unspecified atom stereocenters. The first-order valence-corrected chi connectivity index (χ1v) is 8.43. The van der Waals surface area contributed by atoms with Crippen LogP contribution in [0.2, 0.25) is 0 Å². The van der Waals surface area contributed by atoms with E-state index in [1.54, 1.807) is 0 Å². The molecule has 0 amide bonds. The van der Waals surface area contributed by atoms with E-state index >= 15 is 0 Å². The van der Waals surface area contributed by atoms with E-state index in [9.17, 15) is 0 Å². The normalized spacial score (nSPS) is 22.3. The molecule has 1 aliphatic heterocycles. The highest BCUT2D eigenvalue weighted by Crippen LogP contribution is 2.30. The summed E-state index contributed by atoms with van der Waals surface area (Å²) in [5.74, 6) is 0.998. The van der Waals surface area contributed by atoms with Gasteiger partial charge in [0.25, 0.3) is 0 Å². The van der Waals surface area contributed by atoms with E-state index in [0.717, 1.165) is 32.0 Å². The molecule has 2 aliphatic rings. The highest BCUT2D eigenvalue weighted by molar-refractivity contribution is 5.27. The second kappa shape index (κ2) is 6.80. The summed E-state index contributed by atoms with van der Waals surface area (Å²) in [6.45, 7) is 7.42. The second-order valence-corrected chi connectivity index (χ2v) is 6.71. The van der Waals surface area contributed by atoms with Gasteiger partial charge in [0.15, 0.2) is 0 Å². The Balaban J connectivity index is 1.46. The van der Waals surface area contributed by atoms with E-state index in [4.69, 9.17) is 4.74 Å². The highest BCUT2D eigenvalue weighted by atomic mass is 16.5. The molecule has 1 heterocycles. The van der Waals surface area contributed by atoms with Gasteiger partial charge in [0.1, 0.15) is 12.4 Å². The Kier molecular flexibility index (Phi) is 4.81. The quantitative estimate of drug-likeness (QED) is 0.922. The highest BCUT2D eigenvalue weighted by Gasteiger charge is 2.35. The van der Waals surface area contributed by atoms with Gasteiger partial charge in [-0.15, -0.1) is 0 Å². The maximum absolute atomic E-state index is 5.90. The fraction of sp³-hybridized carbons (Fsp3) is 0.667. The minimum Gasteiger partial charge on any atom is -0.492 e. The lowest BCUT2D eigenvalue weighted by atomic mass is 9.80. The smallest absolute Gasteiger partial charge is 0.119 e. The summed E-state index contributed by atoms with van der Waals surface area (Å²) < 4.78 is 5.90. The van der Waals surface area contributed by atoms with E-state index in [-0.39, 0.29) is 0 Å². The van der Waals surface area contributed by atoms with Gasteiger partial charge in [-0.05, 0) is 37.5 Å². The molecule has 0 aromatic heterocycles. The van der Waals surface area contributed by atoms with Crippen molar-refractivity contribution in [2.75, 3.05) is 32.8 Å². The van der Waals surface area contributed by atoms with Crippen molar-refractivity contribution in [3.8, 4) is 5.75 Å². The Bertz CT molecular complexity index is 449. The predicted molar refractivity (Wildman–Crippen MR) is 86.9 cm³/mol. The minimum atomic E-state index is 0.403. The Morgan fingerprint density at radius 1 is 1.24 bits per heavy atom.